The molecule has 0 bridgehead atoms. The van der Waals surface area contributed by atoms with Crippen LogP contribution in [-0.4, -0.2) is 55.6 Å². The number of nitrogens with one attached hydrogen (secondary N) is 1. The number of nitrogens with zero attached hydrogens (tertiary/aromatic N) is 4. The van der Waals surface area contributed by atoms with E-state index < -0.39 is 30.1 Å². The number of aromatic nitrogens is 2. The summed E-state index contributed by atoms with van der Waals surface area (Å²) in [6.07, 6.45) is -0.847. The lowest BCUT2D eigenvalue weighted by Crippen LogP contribution is -2.49. The molecule has 34 heavy (non-hydrogen) atoms. The van der Waals surface area contributed by atoms with Gasteiger partial charge < -0.3 is 31.1 Å². The van der Waals surface area contributed by atoms with Crippen molar-refractivity contribution in [3.63, 3.8) is 0 Å². The molecule has 2 aromatic carbocycles. The second-order valence-corrected chi connectivity index (χ2v) is 8.09. The highest BCUT2D eigenvalue weighted by Gasteiger charge is 2.50. The number of guanidine groups is 1. The summed E-state index contributed by atoms with van der Waals surface area (Å²) < 4.78 is 7.14. The lowest BCUT2D eigenvalue weighted by Gasteiger charge is -2.33. The fourth-order valence-electron chi connectivity index (χ4n) is 4.25. The number of aliphatic hydroxyl groups is 3. The monoisotopic (exact) mass is 464 g/mol. The Morgan fingerprint density at radius 1 is 1.18 bits per heavy atom. The molecule has 0 spiro atoms. The third kappa shape index (κ3) is 3.60. The van der Waals surface area contributed by atoms with Crippen molar-refractivity contribution >= 4 is 29.1 Å². The van der Waals surface area contributed by atoms with Crippen molar-refractivity contribution in [3.8, 4) is 0 Å². The normalized spacial score (nSPS) is 25.9. The molecule has 2 aliphatic heterocycles. The van der Waals surface area contributed by atoms with E-state index >= 15 is 0 Å². The number of carbonyl (C=O) groups excluding carboxylic acids is 1. The molecule has 5 rings (SSSR count). The van der Waals surface area contributed by atoms with E-state index in [0.29, 0.717) is 11.4 Å². The van der Waals surface area contributed by atoms with Crippen molar-refractivity contribution < 1.29 is 24.9 Å². The van der Waals surface area contributed by atoms with Crippen molar-refractivity contribution in [1.29, 1.82) is 0 Å². The molecule has 11 heteroatoms. The Morgan fingerprint density at radius 2 is 1.79 bits per heavy atom. The van der Waals surface area contributed by atoms with Crippen molar-refractivity contribution in [3.05, 3.63) is 72.7 Å². The van der Waals surface area contributed by atoms with Gasteiger partial charge in [-0.05, 0) is 24.3 Å². The number of benzene rings is 2. The highest BCUT2D eigenvalue weighted by Crippen LogP contribution is 2.40. The summed E-state index contributed by atoms with van der Waals surface area (Å²) in [5.74, 6) is -0.841. The van der Waals surface area contributed by atoms with E-state index in [1.807, 2.05) is 12.1 Å². The van der Waals surface area contributed by atoms with Crippen LogP contribution in [0.15, 0.2) is 72.0 Å². The van der Waals surface area contributed by atoms with Gasteiger partial charge in [0.25, 0.3) is 11.6 Å². The average molecular weight is 464 g/mol. The number of aliphatic hydroxyl groups excluding tert-OH is 2. The molecule has 3 aromatic rings. The molecule has 11 nitrogen and oxygen atoms in total. The van der Waals surface area contributed by atoms with Gasteiger partial charge in [0, 0.05) is 17.8 Å². The Morgan fingerprint density at radius 3 is 2.35 bits per heavy atom. The molecule has 0 saturated carbocycles. The van der Waals surface area contributed by atoms with Crippen molar-refractivity contribution in [2.75, 3.05) is 16.8 Å². The third-order valence-electron chi connectivity index (χ3n) is 5.83. The number of hydrogen-bond donors (Lipinski definition) is 5. The number of amides is 1. The zero-order valence-corrected chi connectivity index (χ0v) is 18.0. The quantitative estimate of drug-likeness (QED) is 0.370. The molecule has 2 aliphatic rings. The Kier molecular flexibility index (Phi) is 5.54. The topological polar surface area (TPSA) is 158 Å². The summed E-state index contributed by atoms with van der Waals surface area (Å²) in [5, 5.41) is 34.3. The van der Waals surface area contributed by atoms with Crippen LogP contribution in [0.3, 0.4) is 0 Å². The number of fused-ring (bicyclic) bond motifs is 1. The predicted molar refractivity (Wildman–Crippen MR) is 123 cm³/mol. The van der Waals surface area contributed by atoms with Crippen LogP contribution in [-0.2, 0) is 15.3 Å². The highest BCUT2D eigenvalue weighted by molar-refractivity contribution is 6.09. The van der Waals surface area contributed by atoms with Gasteiger partial charge in [0.2, 0.25) is 0 Å². The maximum Gasteiger partial charge on any atom is 0.293 e. The van der Waals surface area contributed by atoms with E-state index in [9.17, 15) is 20.1 Å². The molecular weight excluding hydrogens is 440 g/mol. The van der Waals surface area contributed by atoms with E-state index in [1.165, 1.54) is 15.8 Å². The molecule has 4 atom stereocenters. The third-order valence-corrected chi connectivity index (χ3v) is 5.83. The second-order valence-electron chi connectivity index (χ2n) is 8.09. The highest BCUT2D eigenvalue weighted by atomic mass is 16.5. The Bertz CT molecular complexity index is 1180. The van der Waals surface area contributed by atoms with Crippen LogP contribution in [0, 0.1) is 0 Å². The summed E-state index contributed by atoms with van der Waals surface area (Å²) in [6.45, 7) is -0.257. The van der Waals surface area contributed by atoms with Gasteiger partial charge in [-0.1, -0.05) is 36.4 Å². The molecule has 1 amide bonds. The molecule has 1 saturated heterocycles. The van der Waals surface area contributed by atoms with Crippen LogP contribution >= 0.6 is 0 Å². The smallest absolute Gasteiger partial charge is 0.293 e. The summed E-state index contributed by atoms with van der Waals surface area (Å²) >= 11 is 0. The minimum Gasteiger partial charge on any atom is -0.394 e. The number of ether oxygens (including phenoxy) is 1. The van der Waals surface area contributed by atoms with Gasteiger partial charge in [0.05, 0.1) is 19.0 Å². The lowest BCUT2D eigenvalue weighted by molar-refractivity contribution is -0.136. The lowest BCUT2D eigenvalue weighted by atomic mass is 10.1. The minimum atomic E-state index is -2.46. The number of rotatable bonds is 5. The fourth-order valence-corrected chi connectivity index (χ4v) is 4.25. The maximum atomic E-state index is 13.9. The van der Waals surface area contributed by atoms with Crippen LogP contribution in [0.4, 0.5) is 17.2 Å². The summed E-state index contributed by atoms with van der Waals surface area (Å²) in [5.41, 5.74) is 4.46. The first kappa shape index (κ1) is 22.0. The number of carbonyl (C=O) groups is 1. The summed E-state index contributed by atoms with van der Waals surface area (Å²) in [4.78, 5) is 23.6. The Hall–Kier alpha value is -3.77. The molecular formula is C23H24N6O5. The van der Waals surface area contributed by atoms with Crippen molar-refractivity contribution in [2.45, 2.75) is 30.6 Å². The minimum absolute atomic E-state index is 0.0909. The van der Waals surface area contributed by atoms with Gasteiger partial charge in [0.15, 0.2) is 12.2 Å². The van der Waals surface area contributed by atoms with Crippen LogP contribution in [0.1, 0.15) is 18.3 Å². The van der Waals surface area contributed by atoms with E-state index in [1.54, 1.807) is 48.5 Å². The number of nitrogens with two attached hydrogens (primary N) is 1. The van der Waals surface area contributed by atoms with Gasteiger partial charge in [-0.15, -0.1) is 0 Å². The van der Waals surface area contributed by atoms with Crippen molar-refractivity contribution in [2.24, 2.45) is 10.7 Å². The van der Waals surface area contributed by atoms with Gasteiger partial charge >= 0.3 is 0 Å². The first-order chi connectivity index (χ1) is 16.4. The average Bonchev–Trinajstić information content (AvgIpc) is 3.43. The van der Waals surface area contributed by atoms with Crippen LogP contribution < -0.4 is 16.0 Å². The number of aliphatic imine (C=N–C) groups is 1. The van der Waals surface area contributed by atoms with Crippen molar-refractivity contribution in [1.82, 2.24) is 9.55 Å². The molecule has 0 aliphatic carbocycles. The molecule has 6 N–H and O–H groups in total. The predicted octanol–water partition coefficient (Wildman–Crippen LogP) is 0.774. The van der Waals surface area contributed by atoms with Crippen LogP contribution in [0.2, 0.25) is 0 Å². The number of para-hydroxylation sites is 2. The first-order valence-electron chi connectivity index (χ1n) is 10.7. The van der Waals surface area contributed by atoms with Gasteiger partial charge in [-0.2, -0.15) is 0 Å². The number of hydrogen-bond acceptors (Lipinski definition) is 9. The van der Waals surface area contributed by atoms with Crippen LogP contribution in [0.5, 0.6) is 0 Å². The number of anilines is 3. The van der Waals surface area contributed by atoms with E-state index in [-0.39, 0.29) is 30.5 Å². The van der Waals surface area contributed by atoms with Crippen LogP contribution in [0.25, 0.3) is 0 Å². The Labute approximate surface area is 194 Å². The standard InChI is InChI=1S/C23H24N6O5/c24-22-26-19-18(25-13-28(19)20-17(31)11-16(12-30)34-20)23(33,27-22)21(32)29(14-7-3-1-4-8-14)15-9-5-2-6-10-15/h1-10,13,16-17,20,30-31,33H,11-12H2,(H3,24,26,27)/t16-,17+,20+,23?/m0/s1. The molecule has 176 valence electrons. The van der Waals surface area contributed by atoms with E-state index in [4.69, 9.17) is 10.5 Å². The Balaban J connectivity index is 1.59. The number of imidazole rings is 1. The van der Waals surface area contributed by atoms with Gasteiger partial charge in [-0.25, -0.2) is 9.98 Å². The molecule has 3 heterocycles. The zero-order valence-electron chi connectivity index (χ0n) is 18.0. The summed E-state index contributed by atoms with van der Waals surface area (Å²) in [6, 6.07) is 17.7. The van der Waals surface area contributed by atoms with Gasteiger partial charge in [-0.3, -0.25) is 14.3 Å². The SMILES string of the molecule is NC1=NC(O)(C(=O)N(c2ccccc2)c2ccccc2)c2ncn([C@@H]3O[C@H](CO)C[C@H]3O)c2N1. The molecule has 1 unspecified atom stereocenters. The molecule has 0 radical (unpaired) electrons. The zero-order chi connectivity index (χ0) is 23.9. The summed E-state index contributed by atoms with van der Waals surface area (Å²) in [7, 11) is 0. The molecule has 1 fully saturated rings. The van der Waals surface area contributed by atoms with E-state index in [0.717, 1.165) is 0 Å². The molecule has 1 aromatic heterocycles. The fraction of sp³-hybridized carbons (Fsp3) is 0.261. The largest absolute Gasteiger partial charge is 0.394 e. The first-order valence-corrected chi connectivity index (χ1v) is 10.7. The second kappa shape index (κ2) is 8.54. The van der Waals surface area contributed by atoms with Gasteiger partial charge in [0.1, 0.15) is 17.6 Å². The maximum absolute atomic E-state index is 13.9. The van der Waals surface area contributed by atoms with E-state index in [2.05, 4.69) is 15.3 Å².